The SMILES string of the molecule is CCOC(=O)c1[nH]cc(C=O)c1-c1ccc(Br)cc1. The highest BCUT2D eigenvalue weighted by Crippen LogP contribution is 2.28. The van der Waals surface area contributed by atoms with Crippen molar-refractivity contribution in [3.63, 3.8) is 0 Å². The predicted octanol–water partition coefficient (Wildman–Crippen LogP) is 3.43. The van der Waals surface area contributed by atoms with Crippen molar-refractivity contribution in [2.45, 2.75) is 6.92 Å². The van der Waals surface area contributed by atoms with Crippen molar-refractivity contribution in [2.24, 2.45) is 0 Å². The number of halogens is 1. The Morgan fingerprint density at radius 3 is 2.63 bits per heavy atom. The molecule has 0 aliphatic carbocycles. The van der Waals surface area contributed by atoms with E-state index in [4.69, 9.17) is 4.74 Å². The van der Waals surface area contributed by atoms with Gasteiger partial charge in [-0.1, -0.05) is 28.1 Å². The fourth-order valence-corrected chi connectivity index (χ4v) is 2.09. The van der Waals surface area contributed by atoms with E-state index in [1.165, 1.54) is 6.20 Å². The van der Waals surface area contributed by atoms with Crippen LogP contribution >= 0.6 is 15.9 Å². The second-order valence-electron chi connectivity index (χ2n) is 3.84. The number of hydrogen-bond donors (Lipinski definition) is 1. The topological polar surface area (TPSA) is 59.2 Å². The van der Waals surface area contributed by atoms with E-state index in [1.807, 2.05) is 24.3 Å². The van der Waals surface area contributed by atoms with Gasteiger partial charge in [-0.2, -0.15) is 0 Å². The first-order valence-electron chi connectivity index (χ1n) is 5.77. The lowest BCUT2D eigenvalue weighted by Gasteiger charge is -2.05. The molecule has 4 nitrogen and oxygen atoms in total. The van der Waals surface area contributed by atoms with Gasteiger partial charge in [0, 0.05) is 21.8 Å². The lowest BCUT2D eigenvalue weighted by atomic mass is 10.0. The molecular formula is C14H12BrNO3. The summed E-state index contributed by atoms with van der Waals surface area (Å²) in [6.07, 6.45) is 2.23. The van der Waals surface area contributed by atoms with Gasteiger partial charge in [-0.05, 0) is 24.6 Å². The highest BCUT2D eigenvalue weighted by Gasteiger charge is 2.19. The molecule has 5 heteroatoms. The molecule has 0 spiro atoms. The van der Waals surface area contributed by atoms with Gasteiger partial charge in [0.2, 0.25) is 0 Å². The molecule has 0 aliphatic rings. The van der Waals surface area contributed by atoms with E-state index in [9.17, 15) is 9.59 Å². The summed E-state index contributed by atoms with van der Waals surface area (Å²) in [7, 11) is 0. The largest absolute Gasteiger partial charge is 0.461 e. The molecule has 1 N–H and O–H groups in total. The first kappa shape index (κ1) is 13.5. The van der Waals surface area contributed by atoms with Crippen LogP contribution in [0.25, 0.3) is 11.1 Å². The summed E-state index contributed by atoms with van der Waals surface area (Å²) in [5, 5.41) is 0. The third kappa shape index (κ3) is 2.76. The molecular weight excluding hydrogens is 310 g/mol. The number of esters is 1. The smallest absolute Gasteiger partial charge is 0.355 e. The fourth-order valence-electron chi connectivity index (χ4n) is 1.82. The number of nitrogens with one attached hydrogen (secondary N) is 1. The van der Waals surface area contributed by atoms with E-state index in [2.05, 4.69) is 20.9 Å². The lowest BCUT2D eigenvalue weighted by Crippen LogP contribution is -2.06. The average Bonchev–Trinajstić information content (AvgIpc) is 2.83. The zero-order chi connectivity index (χ0) is 13.8. The summed E-state index contributed by atoms with van der Waals surface area (Å²) in [5.74, 6) is -0.464. The second-order valence-corrected chi connectivity index (χ2v) is 4.75. The van der Waals surface area contributed by atoms with Crippen molar-refractivity contribution < 1.29 is 14.3 Å². The zero-order valence-electron chi connectivity index (χ0n) is 10.3. The molecule has 2 rings (SSSR count). The molecule has 0 radical (unpaired) electrons. The Kier molecular flexibility index (Phi) is 4.16. The molecule has 98 valence electrons. The molecule has 0 saturated heterocycles. The van der Waals surface area contributed by atoms with Crippen LogP contribution in [0, 0.1) is 0 Å². The molecule has 1 heterocycles. The third-order valence-corrected chi connectivity index (χ3v) is 3.18. The highest BCUT2D eigenvalue weighted by molar-refractivity contribution is 9.10. The van der Waals surface area contributed by atoms with Crippen LogP contribution in [-0.2, 0) is 4.74 Å². The normalized spacial score (nSPS) is 10.2. The van der Waals surface area contributed by atoms with Crippen molar-refractivity contribution in [1.82, 2.24) is 4.98 Å². The number of H-pyrrole nitrogens is 1. The predicted molar refractivity (Wildman–Crippen MR) is 75.3 cm³/mol. The first-order valence-corrected chi connectivity index (χ1v) is 6.56. The number of benzene rings is 1. The molecule has 0 bridgehead atoms. The number of aromatic nitrogens is 1. The number of carbonyl (C=O) groups excluding carboxylic acids is 2. The summed E-state index contributed by atoms with van der Waals surface area (Å²) in [4.78, 5) is 25.7. The maximum absolute atomic E-state index is 11.9. The summed E-state index contributed by atoms with van der Waals surface area (Å²) in [6.45, 7) is 2.02. The number of ether oxygens (including phenoxy) is 1. The molecule has 0 unspecified atom stereocenters. The minimum Gasteiger partial charge on any atom is -0.461 e. The standard InChI is InChI=1S/C14H12BrNO3/c1-2-19-14(18)13-12(10(8-17)7-16-13)9-3-5-11(15)6-4-9/h3-8,16H,2H2,1H3. The minimum atomic E-state index is -0.464. The maximum Gasteiger partial charge on any atom is 0.355 e. The van der Waals surface area contributed by atoms with Gasteiger partial charge >= 0.3 is 5.97 Å². The van der Waals surface area contributed by atoms with E-state index in [0.29, 0.717) is 16.8 Å². The summed E-state index contributed by atoms with van der Waals surface area (Å²) in [6, 6.07) is 7.38. The van der Waals surface area contributed by atoms with Crippen LogP contribution in [-0.4, -0.2) is 23.8 Å². The third-order valence-electron chi connectivity index (χ3n) is 2.65. The monoisotopic (exact) mass is 321 g/mol. The number of carbonyl (C=O) groups is 2. The Balaban J connectivity index is 2.53. The second kappa shape index (κ2) is 5.84. The van der Waals surface area contributed by atoms with E-state index in [-0.39, 0.29) is 6.61 Å². The lowest BCUT2D eigenvalue weighted by molar-refractivity contribution is 0.0521. The van der Waals surface area contributed by atoms with Gasteiger partial charge in [-0.15, -0.1) is 0 Å². The quantitative estimate of drug-likeness (QED) is 0.693. The van der Waals surface area contributed by atoms with E-state index >= 15 is 0 Å². The van der Waals surface area contributed by atoms with Crippen LogP contribution in [0.2, 0.25) is 0 Å². The highest BCUT2D eigenvalue weighted by atomic mass is 79.9. The molecule has 0 saturated carbocycles. The Hall–Kier alpha value is -1.88. The van der Waals surface area contributed by atoms with Crippen molar-refractivity contribution in [1.29, 1.82) is 0 Å². The Labute approximate surface area is 118 Å². The van der Waals surface area contributed by atoms with Gasteiger partial charge < -0.3 is 9.72 Å². The molecule has 0 fully saturated rings. The summed E-state index contributed by atoms with van der Waals surface area (Å²) in [5.41, 5.74) is 2.09. The van der Waals surface area contributed by atoms with Crippen LogP contribution < -0.4 is 0 Å². The molecule has 1 aromatic heterocycles. The molecule has 0 atom stereocenters. The van der Waals surface area contributed by atoms with Crippen LogP contribution in [0.4, 0.5) is 0 Å². The van der Waals surface area contributed by atoms with E-state index in [0.717, 1.165) is 16.3 Å². The summed E-state index contributed by atoms with van der Waals surface area (Å²) < 4.78 is 5.90. The fraction of sp³-hybridized carbons (Fsp3) is 0.143. The van der Waals surface area contributed by atoms with E-state index < -0.39 is 5.97 Å². The molecule has 1 aromatic carbocycles. The van der Waals surface area contributed by atoms with Gasteiger partial charge in [0.05, 0.1) is 6.61 Å². The van der Waals surface area contributed by atoms with Crippen molar-refractivity contribution in [3.8, 4) is 11.1 Å². The molecule has 0 amide bonds. The number of rotatable bonds is 4. The van der Waals surface area contributed by atoms with Crippen LogP contribution in [0.15, 0.2) is 34.9 Å². The number of aromatic amines is 1. The Morgan fingerprint density at radius 2 is 2.05 bits per heavy atom. The maximum atomic E-state index is 11.9. The van der Waals surface area contributed by atoms with Gasteiger partial charge in [0.1, 0.15) is 5.69 Å². The zero-order valence-corrected chi connectivity index (χ0v) is 11.9. The summed E-state index contributed by atoms with van der Waals surface area (Å²) >= 11 is 3.35. The van der Waals surface area contributed by atoms with Gasteiger partial charge in [-0.3, -0.25) is 4.79 Å². The van der Waals surface area contributed by atoms with Gasteiger partial charge in [0.15, 0.2) is 6.29 Å². The van der Waals surface area contributed by atoms with Crippen LogP contribution in [0.1, 0.15) is 27.8 Å². The molecule has 19 heavy (non-hydrogen) atoms. The molecule has 0 aliphatic heterocycles. The van der Waals surface area contributed by atoms with Crippen LogP contribution in [0.3, 0.4) is 0 Å². The van der Waals surface area contributed by atoms with E-state index in [1.54, 1.807) is 6.92 Å². The van der Waals surface area contributed by atoms with Crippen LogP contribution in [0.5, 0.6) is 0 Å². The first-order chi connectivity index (χ1) is 9.17. The van der Waals surface area contributed by atoms with Crippen molar-refractivity contribution >= 4 is 28.2 Å². The van der Waals surface area contributed by atoms with Crippen molar-refractivity contribution in [2.75, 3.05) is 6.61 Å². The van der Waals surface area contributed by atoms with Crippen molar-refractivity contribution in [3.05, 3.63) is 46.2 Å². The average molecular weight is 322 g/mol. The van der Waals surface area contributed by atoms with Gasteiger partial charge in [-0.25, -0.2) is 4.79 Å². The Bertz CT molecular complexity index is 602. The number of aldehydes is 1. The Morgan fingerprint density at radius 1 is 1.37 bits per heavy atom. The molecule has 2 aromatic rings. The number of hydrogen-bond acceptors (Lipinski definition) is 3. The van der Waals surface area contributed by atoms with Gasteiger partial charge in [0.25, 0.3) is 0 Å². The minimum absolute atomic E-state index is 0.286.